The lowest BCUT2D eigenvalue weighted by Crippen LogP contribution is -2.43. The number of nitrogens with zero attached hydrogens (tertiary/aromatic N) is 2. The summed E-state index contributed by atoms with van der Waals surface area (Å²) in [6.45, 7) is 0.161. The molecular weight excluding hydrogens is 257 g/mol. The van der Waals surface area contributed by atoms with Gasteiger partial charge in [0.25, 0.3) is 0 Å². The van der Waals surface area contributed by atoms with Crippen LogP contribution in [0.1, 0.15) is 5.56 Å². The van der Waals surface area contributed by atoms with Crippen LogP contribution in [0.2, 0.25) is 0 Å². The number of hydrogen-bond donors (Lipinski definition) is 2. The number of nitrogens with one attached hydrogen (secondary N) is 1. The van der Waals surface area contributed by atoms with Crippen LogP contribution in [-0.4, -0.2) is 42.0 Å². The number of hydrogen-bond acceptors (Lipinski definition) is 3. The van der Waals surface area contributed by atoms with Gasteiger partial charge >= 0.3 is 6.18 Å². The van der Waals surface area contributed by atoms with Gasteiger partial charge in [-0.05, 0) is 31.2 Å². The number of pyridine rings is 1. The topological polar surface area (TPSA) is 66.0 Å². The molecule has 1 aromatic rings. The quantitative estimate of drug-likeness (QED) is 0.612. The van der Waals surface area contributed by atoms with Crippen LogP contribution in [0.5, 0.6) is 0 Å². The Morgan fingerprint density at radius 2 is 2.00 bits per heavy atom. The molecule has 0 saturated heterocycles. The molecule has 1 unspecified atom stereocenters. The van der Waals surface area contributed by atoms with Crippen LogP contribution in [0.15, 0.2) is 24.5 Å². The minimum Gasteiger partial charge on any atom is -0.387 e. The van der Waals surface area contributed by atoms with Crippen molar-refractivity contribution in [3.05, 3.63) is 30.1 Å². The SMILES string of the molecule is CN(CCc1ccncc1)CC(C(=N)N)C(F)(F)F. The molecule has 1 heterocycles. The predicted molar refractivity (Wildman–Crippen MR) is 66.9 cm³/mol. The Morgan fingerprint density at radius 1 is 1.42 bits per heavy atom. The van der Waals surface area contributed by atoms with Crippen molar-refractivity contribution in [1.29, 1.82) is 5.41 Å². The van der Waals surface area contributed by atoms with Crippen molar-refractivity contribution in [3.63, 3.8) is 0 Å². The molecule has 0 fully saturated rings. The molecule has 0 spiro atoms. The van der Waals surface area contributed by atoms with Crippen LogP contribution in [0.25, 0.3) is 0 Å². The van der Waals surface area contributed by atoms with E-state index in [9.17, 15) is 13.2 Å². The normalized spacial score (nSPS) is 13.5. The summed E-state index contributed by atoms with van der Waals surface area (Å²) >= 11 is 0. The maximum atomic E-state index is 12.6. The second-order valence-corrected chi connectivity index (χ2v) is 4.42. The Hall–Kier alpha value is -1.63. The standard InChI is InChI=1S/C12H17F3N4/c1-19(7-4-9-2-5-18-6-3-9)8-10(11(16)17)12(13,14)15/h2-3,5-6,10H,4,7-8H2,1H3,(H3,16,17). The zero-order chi connectivity index (χ0) is 14.5. The van der Waals surface area contributed by atoms with Crippen molar-refractivity contribution >= 4 is 5.84 Å². The van der Waals surface area contributed by atoms with Gasteiger partial charge in [0, 0.05) is 25.5 Å². The second kappa shape index (κ2) is 6.51. The molecule has 106 valence electrons. The van der Waals surface area contributed by atoms with Crippen LogP contribution in [0.3, 0.4) is 0 Å². The monoisotopic (exact) mass is 274 g/mol. The van der Waals surface area contributed by atoms with Crippen molar-refractivity contribution in [2.24, 2.45) is 11.7 Å². The summed E-state index contributed by atoms with van der Waals surface area (Å²) in [5, 5.41) is 7.02. The highest BCUT2D eigenvalue weighted by atomic mass is 19.4. The third kappa shape index (κ3) is 5.25. The first-order valence-electron chi connectivity index (χ1n) is 5.78. The van der Waals surface area contributed by atoms with E-state index in [-0.39, 0.29) is 6.54 Å². The summed E-state index contributed by atoms with van der Waals surface area (Å²) in [5.74, 6) is -2.75. The summed E-state index contributed by atoms with van der Waals surface area (Å²) in [6.07, 6.45) is -0.564. The average molecular weight is 274 g/mol. The van der Waals surface area contributed by atoms with E-state index in [1.54, 1.807) is 19.4 Å². The molecule has 0 aliphatic rings. The molecule has 0 aliphatic heterocycles. The van der Waals surface area contributed by atoms with E-state index in [1.807, 2.05) is 12.1 Å². The van der Waals surface area contributed by atoms with Crippen molar-refractivity contribution < 1.29 is 13.2 Å². The molecule has 1 aromatic heterocycles. The van der Waals surface area contributed by atoms with E-state index < -0.39 is 17.9 Å². The number of likely N-dealkylation sites (N-methyl/N-ethyl adjacent to an activating group) is 1. The molecule has 0 aliphatic carbocycles. The van der Waals surface area contributed by atoms with Gasteiger partial charge in [-0.2, -0.15) is 13.2 Å². The summed E-state index contributed by atoms with van der Waals surface area (Å²) in [4.78, 5) is 5.40. The van der Waals surface area contributed by atoms with Crippen LogP contribution in [0.4, 0.5) is 13.2 Å². The van der Waals surface area contributed by atoms with Crippen LogP contribution < -0.4 is 5.73 Å². The second-order valence-electron chi connectivity index (χ2n) is 4.42. The van der Waals surface area contributed by atoms with Crippen molar-refractivity contribution in [2.45, 2.75) is 12.6 Å². The van der Waals surface area contributed by atoms with Gasteiger partial charge in [-0.3, -0.25) is 10.4 Å². The Morgan fingerprint density at radius 3 is 2.47 bits per heavy atom. The first kappa shape index (κ1) is 15.4. The Bertz CT molecular complexity index is 405. The van der Waals surface area contributed by atoms with E-state index in [1.165, 1.54) is 4.90 Å². The smallest absolute Gasteiger partial charge is 0.387 e. The molecule has 0 bridgehead atoms. The van der Waals surface area contributed by atoms with Crippen molar-refractivity contribution in [1.82, 2.24) is 9.88 Å². The highest BCUT2D eigenvalue weighted by Crippen LogP contribution is 2.26. The van der Waals surface area contributed by atoms with Gasteiger partial charge < -0.3 is 10.6 Å². The number of rotatable bonds is 6. The summed E-state index contributed by atoms with van der Waals surface area (Å²) < 4.78 is 37.9. The number of halogens is 3. The van der Waals surface area contributed by atoms with Gasteiger partial charge in [-0.15, -0.1) is 0 Å². The molecule has 0 amide bonds. The first-order valence-corrected chi connectivity index (χ1v) is 5.78. The largest absolute Gasteiger partial charge is 0.399 e. The van der Waals surface area contributed by atoms with E-state index in [4.69, 9.17) is 11.1 Å². The highest BCUT2D eigenvalue weighted by Gasteiger charge is 2.42. The molecule has 7 heteroatoms. The van der Waals surface area contributed by atoms with Crippen molar-refractivity contribution in [2.75, 3.05) is 20.1 Å². The molecule has 4 nitrogen and oxygen atoms in total. The molecule has 19 heavy (non-hydrogen) atoms. The fourth-order valence-corrected chi connectivity index (χ4v) is 1.65. The summed E-state index contributed by atoms with van der Waals surface area (Å²) in [7, 11) is 1.59. The van der Waals surface area contributed by atoms with Crippen LogP contribution in [0, 0.1) is 11.3 Å². The van der Waals surface area contributed by atoms with Gasteiger partial charge in [0.2, 0.25) is 0 Å². The van der Waals surface area contributed by atoms with Gasteiger partial charge in [0.1, 0.15) is 11.8 Å². The van der Waals surface area contributed by atoms with Gasteiger partial charge in [0.15, 0.2) is 0 Å². The third-order valence-electron chi connectivity index (χ3n) is 2.80. The van der Waals surface area contributed by atoms with Crippen LogP contribution >= 0.6 is 0 Å². The van der Waals surface area contributed by atoms with E-state index >= 15 is 0 Å². The number of aromatic nitrogens is 1. The van der Waals surface area contributed by atoms with Gasteiger partial charge in [0.05, 0.1) is 0 Å². The molecule has 0 saturated carbocycles. The van der Waals surface area contributed by atoms with E-state index in [0.29, 0.717) is 13.0 Å². The lowest BCUT2D eigenvalue weighted by molar-refractivity contribution is -0.159. The zero-order valence-corrected chi connectivity index (χ0v) is 10.6. The molecule has 3 N–H and O–H groups in total. The third-order valence-corrected chi connectivity index (χ3v) is 2.80. The number of amidine groups is 1. The molecule has 0 radical (unpaired) electrons. The number of alkyl halides is 3. The number of nitrogens with two attached hydrogens (primary N) is 1. The maximum Gasteiger partial charge on any atom is 0.399 e. The first-order chi connectivity index (χ1) is 8.80. The van der Waals surface area contributed by atoms with E-state index in [2.05, 4.69) is 4.98 Å². The predicted octanol–water partition coefficient (Wildman–Crippen LogP) is 1.67. The molecule has 1 rings (SSSR count). The highest BCUT2D eigenvalue weighted by molar-refractivity contribution is 5.80. The van der Waals surface area contributed by atoms with E-state index in [0.717, 1.165) is 5.56 Å². The molecule has 1 atom stereocenters. The van der Waals surface area contributed by atoms with Crippen molar-refractivity contribution in [3.8, 4) is 0 Å². The fourth-order valence-electron chi connectivity index (χ4n) is 1.65. The lowest BCUT2D eigenvalue weighted by Gasteiger charge is -2.25. The Labute approximate surface area is 109 Å². The lowest BCUT2D eigenvalue weighted by atomic mass is 10.1. The maximum absolute atomic E-state index is 12.6. The Balaban J connectivity index is 2.50. The minimum atomic E-state index is -4.48. The van der Waals surface area contributed by atoms with Gasteiger partial charge in [-0.1, -0.05) is 0 Å². The fraction of sp³-hybridized carbons (Fsp3) is 0.500. The summed E-state index contributed by atoms with van der Waals surface area (Å²) in [6, 6.07) is 3.64. The minimum absolute atomic E-state index is 0.302. The molecule has 0 aromatic carbocycles. The van der Waals surface area contributed by atoms with Gasteiger partial charge in [-0.25, -0.2) is 0 Å². The molecular formula is C12H17F3N4. The zero-order valence-electron chi connectivity index (χ0n) is 10.6. The summed E-state index contributed by atoms with van der Waals surface area (Å²) in [5.41, 5.74) is 6.01. The van der Waals surface area contributed by atoms with Crippen LogP contribution in [-0.2, 0) is 6.42 Å². The average Bonchev–Trinajstić information content (AvgIpc) is 2.33. The Kier molecular flexibility index (Phi) is 5.29.